The summed E-state index contributed by atoms with van der Waals surface area (Å²) in [4.78, 5) is 32.7. The fourth-order valence-corrected chi connectivity index (χ4v) is 3.67. The molecule has 0 fully saturated rings. The lowest BCUT2D eigenvalue weighted by Gasteiger charge is -2.12. The number of nitrogens with zero attached hydrogens (tertiary/aromatic N) is 7. The van der Waals surface area contributed by atoms with E-state index in [9.17, 15) is 18.4 Å². The average Bonchev–Trinajstić information content (AvgIpc) is 3.45. The summed E-state index contributed by atoms with van der Waals surface area (Å²) >= 11 is 0. The summed E-state index contributed by atoms with van der Waals surface area (Å²) in [5, 5.41) is 21.4. The van der Waals surface area contributed by atoms with Gasteiger partial charge in [0.25, 0.3) is 11.8 Å². The molecule has 0 aliphatic carbocycles. The van der Waals surface area contributed by atoms with Gasteiger partial charge in [-0.05, 0) is 61.7 Å². The average molecular weight is 548 g/mol. The molecule has 4 aromatic heterocycles. The van der Waals surface area contributed by atoms with Gasteiger partial charge in [0.05, 0.1) is 30.6 Å². The molecule has 0 saturated carbocycles. The molecular formula is C27H27F2N9O2. The van der Waals surface area contributed by atoms with Gasteiger partial charge in [0.2, 0.25) is 5.91 Å². The number of carbonyl (C=O) groups is 2. The molecule has 4 rings (SSSR count). The van der Waals surface area contributed by atoms with Crippen LogP contribution in [-0.4, -0.2) is 47.0 Å². The predicted octanol–water partition coefficient (Wildman–Crippen LogP) is 3.27. The molecule has 2 N–H and O–H groups in total. The van der Waals surface area contributed by atoms with Crippen molar-refractivity contribution in [3.05, 3.63) is 102 Å². The lowest BCUT2D eigenvalue weighted by molar-refractivity contribution is -0.115. The molecule has 0 aliphatic rings. The van der Waals surface area contributed by atoms with Crippen LogP contribution in [-0.2, 0) is 36.6 Å². The van der Waals surface area contributed by atoms with Crippen LogP contribution < -0.4 is 10.6 Å². The molecule has 11 nitrogen and oxygen atoms in total. The van der Waals surface area contributed by atoms with E-state index in [2.05, 4.69) is 47.7 Å². The second kappa shape index (κ2) is 13.2. The Balaban J connectivity index is 1.17. The maximum Gasteiger partial charge on any atom is 0.291 e. The van der Waals surface area contributed by atoms with E-state index in [1.807, 2.05) is 12.1 Å². The SMILES string of the molecule is C=CC(F)(F)c1ccnc(CNC(=O)c2cn(CCCCc3ccc(NC(=O)Cc4ccccn4)nn3)nn2)c1. The monoisotopic (exact) mass is 547 g/mol. The summed E-state index contributed by atoms with van der Waals surface area (Å²) < 4.78 is 29.2. The van der Waals surface area contributed by atoms with Crippen LogP contribution in [0.15, 0.2) is 73.7 Å². The minimum Gasteiger partial charge on any atom is -0.345 e. The van der Waals surface area contributed by atoms with Gasteiger partial charge in [0.1, 0.15) is 0 Å². The molecule has 0 bridgehead atoms. The number of anilines is 1. The number of hydrogen-bond acceptors (Lipinski definition) is 8. The minimum absolute atomic E-state index is 0.0412. The highest BCUT2D eigenvalue weighted by Gasteiger charge is 2.27. The van der Waals surface area contributed by atoms with Gasteiger partial charge in [-0.15, -0.1) is 10.2 Å². The number of allylic oxidation sites excluding steroid dienone is 1. The lowest BCUT2D eigenvalue weighted by Crippen LogP contribution is -2.24. The molecule has 40 heavy (non-hydrogen) atoms. The van der Waals surface area contributed by atoms with E-state index >= 15 is 0 Å². The van der Waals surface area contributed by atoms with Crippen molar-refractivity contribution in [3.63, 3.8) is 0 Å². The van der Waals surface area contributed by atoms with E-state index in [0.717, 1.165) is 18.5 Å². The molecule has 13 heteroatoms. The molecule has 0 spiro atoms. The van der Waals surface area contributed by atoms with Crippen molar-refractivity contribution in [2.45, 2.75) is 44.7 Å². The standard InChI is InChI=1S/C27H27F2N9O2/c1-2-27(28,29)19-11-13-31-22(15-19)17-32-26(40)23-18-38(37-35-23)14-6-4-7-20-9-10-24(36-34-20)33-25(39)16-21-8-3-5-12-30-21/h2-3,5,8-13,15,18H,1,4,6-7,14,16-17H2,(H,32,40)(H,33,36,39). The van der Waals surface area contributed by atoms with Gasteiger partial charge in [-0.2, -0.15) is 13.9 Å². The Hall–Kier alpha value is -4.94. The Bertz CT molecular complexity index is 1440. The van der Waals surface area contributed by atoms with Crippen LogP contribution in [0.5, 0.6) is 0 Å². The van der Waals surface area contributed by atoms with Crippen LogP contribution in [0.2, 0.25) is 0 Å². The van der Waals surface area contributed by atoms with Gasteiger partial charge in [-0.3, -0.25) is 24.2 Å². The predicted molar refractivity (Wildman–Crippen MR) is 141 cm³/mol. The Kier molecular flexibility index (Phi) is 9.28. The van der Waals surface area contributed by atoms with Gasteiger partial charge in [-0.1, -0.05) is 17.9 Å². The number of nitrogens with one attached hydrogen (secondary N) is 2. The Morgan fingerprint density at radius 3 is 2.58 bits per heavy atom. The topological polar surface area (TPSA) is 140 Å². The first-order valence-electron chi connectivity index (χ1n) is 12.5. The zero-order valence-electron chi connectivity index (χ0n) is 21.5. The molecule has 0 radical (unpaired) electrons. The van der Waals surface area contributed by atoms with Gasteiger partial charge in [-0.25, -0.2) is 0 Å². The number of aryl methyl sites for hydroxylation is 2. The number of halogens is 2. The van der Waals surface area contributed by atoms with Crippen molar-refractivity contribution >= 4 is 17.6 Å². The van der Waals surface area contributed by atoms with E-state index in [1.165, 1.54) is 24.5 Å². The molecule has 2 amide bonds. The molecule has 0 saturated heterocycles. The number of alkyl halides is 2. The number of pyridine rings is 2. The largest absolute Gasteiger partial charge is 0.345 e. The number of aromatic nitrogens is 7. The third kappa shape index (κ3) is 8.03. The smallest absolute Gasteiger partial charge is 0.291 e. The van der Waals surface area contributed by atoms with Crippen LogP contribution in [0.3, 0.4) is 0 Å². The first-order chi connectivity index (χ1) is 19.3. The number of hydrogen-bond donors (Lipinski definition) is 2. The van der Waals surface area contributed by atoms with Gasteiger partial charge >= 0.3 is 0 Å². The molecule has 206 valence electrons. The van der Waals surface area contributed by atoms with E-state index in [-0.39, 0.29) is 35.8 Å². The summed E-state index contributed by atoms with van der Waals surface area (Å²) in [6.07, 6.45) is 7.34. The van der Waals surface area contributed by atoms with Crippen LogP contribution in [0, 0.1) is 0 Å². The second-order valence-corrected chi connectivity index (χ2v) is 8.83. The molecule has 0 unspecified atom stereocenters. The number of rotatable bonds is 13. The van der Waals surface area contributed by atoms with Gasteiger partial charge in [0, 0.05) is 30.2 Å². The summed E-state index contributed by atoms with van der Waals surface area (Å²) in [7, 11) is 0. The van der Waals surface area contributed by atoms with Crippen molar-refractivity contribution in [1.82, 2.24) is 40.5 Å². The fraction of sp³-hybridized carbons (Fsp3) is 0.259. The fourth-order valence-electron chi connectivity index (χ4n) is 3.67. The van der Waals surface area contributed by atoms with Crippen molar-refractivity contribution in [3.8, 4) is 0 Å². The zero-order chi connectivity index (χ0) is 28.4. The zero-order valence-corrected chi connectivity index (χ0v) is 21.5. The van der Waals surface area contributed by atoms with E-state index < -0.39 is 11.8 Å². The van der Waals surface area contributed by atoms with Crippen LogP contribution >= 0.6 is 0 Å². The third-order valence-corrected chi connectivity index (χ3v) is 5.78. The summed E-state index contributed by atoms with van der Waals surface area (Å²) in [6.45, 7) is 3.64. The van der Waals surface area contributed by atoms with Crippen molar-refractivity contribution in [1.29, 1.82) is 0 Å². The highest BCUT2D eigenvalue weighted by atomic mass is 19.3. The van der Waals surface area contributed by atoms with E-state index in [1.54, 1.807) is 29.1 Å². The van der Waals surface area contributed by atoms with Gasteiger partial charge in [0.15, 0.2) is 11.5 Å². The molecule has 4 heterocycles. The maximum atomic E-state index is 13.8. The van der Waals surface area contributed by atoms with E-state index in [0.29, 0.717) is 30.6 Å². The van der Waals surface area contributed by atoms with Crippen molar-refractivity contribution in [2.75, 3.05) is 5.32 Å². The summed E-state index contributed by atoms with van der Waals surface area (Å²) in [6, 6.07) is 11.3. The van der Waals surface area contributed by atoms with Crippen LogP contribution in [0.4, 0.5) is 14.6 Å². The second-order valence-electron chi connectivity index (χ2n) is 8.83. The van der Waals surface area contributed by atoms with Gasteiger partial charge < -0.3 is 10.6 Å². The van der Waals surface area contributed by atoms with Crippen molar-refractivity contribution in [2.24, 2.45) is 0 Å². The Morgan fingerprint density at radius 2 is 1.82 bits per heavy atom. The van der Waals surface area contributed by atoms with Crippen LogP contribution in [0.1, 0.15) is 46.0 Å². The summed E-state index contributed by atoms with van der Waals surface area (Å²) in [5.41, 5.74) is 1.59. The highest BCUT2D eigenvalue weighted by molar-refractivity contribution is 5.92. The summed E-state index contributed by atoms with van der Waals surface area (Å²) in [5.74, 6) is -3.52. The maximum absolute atomic E-state index is 13.8. The molecule has 0 aliphatic heterocycles. The Labute approximate surface area is 228 Å². The van der Waals surface area contributed by atoms with Crippen LogP contribution in [0.25, 0.3) is 0 Å². The first kappa shape index (κ1) is 28.1. The normalized spacial score (nSPS) is 11.2. The molecule has 4 aromatic rings. The van der Waals surface area contributed by atoms with E-state index in [4.69, 9.17) is 0 Å². The quantitative estimate of drug-likeness (QED) is 0.192. The molecular weight excluding hydrogens is 520 g/mol. The molecule has 0 aromatic carbocycles. The number of carbonyl (C=O) groups excluding carboxylic acids is 2. The number of unbranched alkanes of at least 4 members (excludes halogenated alkanes) is 1. The highest BCUT2D eigenvalue weighted by Crippen LogP contribution is 2.28. The minimum atomic E-state index is -3.18. The third-order valence-electron chi connectivity index (χ3n) is 5.78. The van der Waals surface area contributed by atoms with Crippen molar-refractivity contribution < 1.29 is 18.4 Å². The first-order valence-corrected chi connectivity index (χ1v) is 12.5. The molecule has 0 atom stereocenters. The Morgan fingerprint density at radius 1 is 0.975 bits per heavy atom. The number of amides is 2. The lowest BCUT2D eigenvalue weighted by atomic mass is 10.1.